The van der Waals surface area contributed by atoms with Gasteiger partial charge in [-0.1, -0.05) is 12.1 Å². The minimum absolute atomic E-state index is 0.0757. The SMILES string of the molecule is COCCNC(=O)CNCc1ccc(C(=O)OC)cc1. The van der Waals surface area contributed by atoms with Gasteiger partial charge in [0.1, 0.15) is 0 Å². The van der Waals surface area contributed by atoms with Crippen LogP contribution in [0.2, 0.25) is 0 Å². The first-order chi connectivity index (χ1) is 9.67. The Hall–Kier alpha value is -1.92. The quantitative estimate of drug-likeness (QED) is 0.530. The van der Waals surface area contributed by atoms with Gasteiger partial charge in [0.15, 0.2) is 0 Å². The third-order valence-corrected chi connectivity index (χ3v) is 2.62. The fourth-order valence-electron chi connectivity index (χ4n) is 1.55. The molecule has 0 atom stereocenters. The second-order valence-electron chi connectivity index (χ2n) is 4.13. The molecule has 0 fully saturated rings. The number of nitrogens with one attached hydrogen (secondary N) is 2. The second-order valence-corrected chi connectivity index (χ2v) is 4.13. The van der Waals surface area contributed by atoms with Gasteiger partial charge >= 0.3 is 5.97 Å². The van der Waals surface area contributed by atoms with Crippen LogP contribution in [0.1, 0.15) is 15.9 Å². The van der Waals surface area contributed by atoms with Crippen molar-refractivity contribution < 1.29 is 19.1 Å². The number of benzene rings is 1. The Morgan fingerprint density at radius 1 is 1.15 bits per heavy atom. The topological polar surface area (TPSA) is 76.7 Å². The summed E-state index contributed by atoms with van der Waals surface area (Å²) in [6.07, 6.45) is 0. The fourth-order valence-corrected chi connectivity index (χ4v) is 1.55. The lowest BCUT2D eigenvalue weighted by Crippen LogP contribution is -2.35. The Labute approximate surface area is 118 Å². The molecule has 20 heavy (non-hydrogen) atoms. The van der Waals surface area contributed by atoms with E-state index in [1.807, 2.05) is 12.1 Å². The first kappa shape index (κ1) is 16.1. The van der Waals surface area contributed by atoms with E-state index >= 15 is 0 Å². The standard InChI is InChI=1S/C14H20N2O4/c1-19-8-7-16-13(17)10-15-9-11-3-5-12(6-4-11)14(18)20-2/h3-6,15H,7-10H2,1-2H3,(H,16,17). The van der Waals surface area contributed by atoms with Crippen LogP contribution in [0, 0.1) is 0 Å². The normalized spacial score (nSPS) is 10.1. The minimum atomic E-state index is -0.359. The van der Waals surface area contributed by atoms with Gasteiger partial charge in [-0.25, -0.2) is 4.79 Å². The summed E-state index contributed by atoms with van der Waals surface area (Å²) in [6.45, 7) is 1.80. The molecule has 0 aliphatic heterocycles. The van der Waals surface area contributed by atoms with Gasteiger partial charge in [-0.2, -0.15) is 0 Å². The molecule has 0 aliphatic rings. The summed E-state index contributed by atoms with van der Waals surface area (Å²) < 4.78 is 9.45. The molecule has 0 heterocycles. The lowest BCUT2D eigenvalue weighted by atomic mass is 10.1. The highest BCUT2D eigenvalue weighted by molar-refractivity contribution is 5.89. The number of methoxy groups -OCH3 is 2. The molecule has 110 valence electrons. The van der Waals surface area contributed by atoms with Crippen molar-refractivity contribution in [1.29, 1.82) is 0 Å². The molecule has 2 N–H and O–H groups in total. The van der Waals surface area contributed by atoms with Crippen LogP contribution in [0.4, 0.5) is 0 Å². The number of carbonyl (C=O) groups excluding carboxylic acids is 2. The first-order valence-electron chi connectivity index (χ1n) is 6.31. The van der Waals surface area contributed by atoms with Gasteiger partial charge in [0, 0.05) is 20.2 Å². The van der Waals surface area contributed by atoms with Crippen molar-refractivity contribution in [1.82, 2.24) is 10.6 Å². The lowest BCUT2D eigenvalue weighted by Gasteiger charge is -2.07. The summed E-state index contributed by atoms with van der Waals surface area (Å²) in [4.78, 5) is 22.7. The molecule has 1 amide bonds. The molecule has 0 aliphatic carbocycles. The molecule has 6 heteroatoms. The maximum absolute atomic E-state index is 11.4. The van der Waals surface area contributed by atoms with Gasteiger partial charge in [-0.3, -0.25) is 4.79 Å². The van der Waals surface area contributed by atoms with Crippen LogP contribution in [-0.2, 0) is 20.8 Å². The summed E-state index contributed by atoms with van der Waals surface area (Å²) in [7, 11) is 2.93. The molecule has 1 rings (SSSR count). The van der Waals surface area contributed by atoms with E-state index in [9.17, 15) is 9.59 Å². The van der Waals surface area contributed by atoms with Crippen molar-refractivity contribution in [3.8, 4) is 0 Å². The number of carbonyl (C=O) groups is 2. The van der Waals surface area contributed by atoms with Crippen LogP contribution < -0.4 is 10.6 Å². The molecular formula is C14H20N2O4. The van der Waals surface area contributed by atoms with Crippen LogP contribution in [-0.4, -0.2) is 45.8 Å². The summed E-state index contributed by atoms with van der Waals surface area (Å²) in [5.41, 5.74) is 1.50. The zero-order chi connectivity index (χ0) is 14.8. The maximum atomic E-state index is 11.4. The fraction of sp³-hybridized carbons (Fsp3) is 0.429. The molecule has 0 unspecified atom stereocenters. The van der Waals surface area contributed by atoms with E-state index in [4.69, 9.17) is 4.74 Å². The van der Waals surface area contributed by atoms with Gasteiger partial charge in [-0.15, -0.1) is 0 Å². The molecule has 0 saturated heterocycles. The number of hydrogen-bond acceptors (Lipinski definition) is 5. The summed E-state index contributed by atoms with van der Waals surface area (Å²) in [6, 6.07) is 7.03. The zero-order valence-corrected chi connectivity index (χ0v) is 11.8. The molecular weight excluding hydrogens is 260 g/mol. The van der Waals surface area contributed by atoms with Gasteiger partial charge in [0.05, 0.1) is 25.8 Å². The molecule has 6 nitrogen and oxygen atoms in total. The Balaban J connectivity index is 2.28. The number of hydrogen-bond donors (Lipinski definition) is 2. The van der Waals surface area contributed by atoms with E-state index in [0.29, 0.717) is 25.3 Å². The molecule has 0 spiro atoms. The number of ether oxygens (including phenoxy) is 2. The molecule has 0 radical (unpaired) electrons. The largest absolute Gasteiger partial charge is 0.465 e. The van der Waals surface area contributed by atoms with Crippen LogP contribution in [0.15, 0.2) is 24.3 Å². The Morgan fingerprint density at radius 3 is 2.45 bits per heavy atom. The van der Waals surface area contributed by atoms with Crippen molar-refractivity contribution >= 4 is 11.9 Å². The highest BCUT2D eigenvalue weighted by atomic mass is 16.5. The van der Waals surface area contributed by atoms with E-state index in [2.05, 4.69) is 15.4 Å². The number of rotatable bonds is 8. The average molecular weight is 280 g/mol. The van der Waals surface area contributed by atoms with Crippen molar-refractivity contribution in [3.63, 3.8) is 0 Å². The van der Waals surface area contributed by atoms with Gasteiger partial charge in [-0.05, 0) is 17.7 Å². The van der Waals surface area contributed by atoms with Crippen LogP contribution in [0.25, 0.3) is 0 Å². The highest BCUT2D eigenvalue weighted by Gasteiger charge is 2.04. The van der Waals surface area contributed by atoms with Gasteiger partial charge < -0.3 is 20.1 Å². The van der Waals surface area contributed by atoms with E-state index in [1.54, 1.807) is 19.2 Å². The van der Waals surface area contributed by atoms with E-state index in [0.717, 1.165) is 5.56 Å². The van der Waals surface area contributed by atoms with E-state index in [-0.39, 0.29) is 18.4 Å². The lowest BCUT2D eigenvalue weighted by molar-refractivity contribution is -0.120. The molecule has 1 aromatic rings. The third-order valence-electron chi connectivity index (χ3n) is 2.62. The molecule has 0 aromatic heterocycles. The van der Waals surface area contributed by atoms with Crippen LogP contribution >= 0.6 is 0 Å². The molecule has 0 bridgehead atoms. The van der Waals surface area contributed by atoms with Crippen molar-refractivity contribution in [2.45, 2.75) is 6.54 Å². The van der Waals surface area contributed by atoms with Gasteiger partial charge in [0.2, 0.25) is 5.91 Å². The maximum Gasteiger partial charge on any atom is 0.337 e. The Bertz CT molecular complexity index is 431. The average Bonchev–Trinajstić information content (AvgIpc) is 2.47. The predicted octanol–water partition coefficient (Wildman–Crippen LogP) is 0.325. The van der Waals surface area contributed by atoms with Crippen molar-refractivity contribution in [3.05, 3.63) is 35.4 Å². The summed E-state index contributed by atoms with van der Waals surface area (Å²) >= 11 is 0. The molecule has 1 aromatic carbocycles. The first-order valence-corrected chi connectivity index (χ1v) is 6.31. The monoisotopic (exact) mass is 280 g/mol. The van der Waals surface area contributed by atoms with E-state index in [1.165, 1.54) is 7.11 Å². The van der Waals surface area contributed by atoms with Crippen LogP contribution in [0.5, 0.6) is 0 Å². The van der Waals surface area contributed by atoms with Crippen LogP contribution in [0.3, 0.4) is 0 Å². The Kier molecular flexibility index (Phi) is 7.31. The third kappa shape index (κ3) is 5.81. The summed E-state index contributed by atoms with van der Waals surface area (Å²) in [5.74, 6) is -0.435. The Morgan fingerprint density at radius 2 is 1.85 bits per heavy atom. The predicted molar refractivity (Wildman–Crippen MR) is 74.4 cm³/mol. The second kappa shape index (κ2) is 9.06. The summed E-state index contributed by atoms with van der Waals surface area (Å²) in [5, 5.41) is 5.74. The minimum Gasteiger partial charge on any atom is -0.465 e. The zero-order valence-electron chi connectivity index (χ0n) is 11.8. The van der Waals surface area contributed by atoms with Crippen molar-refractivity contribution in [2.24, 2.45) is 0 Å². The molecule has 0 saturated carbocycles. The van der Waals surface area contributed by atoms with E-state index < -0.39 is 0 Å². The smallest absolute Gasteiger partial charge is 0.337 e. The highest BCUT2D eigenvalue weighted by Crippen LogP contribution is 2.05. The van der Waals surface area contributed by atoms with Gasteiger partial charge in [0.25, 0.3) is 0 Å². The number of amides is 1. The van der Waals surface area contributed by atoms with Crippen molar-refractivity contribution in [2.75, 3.05) is 33.9 Å². The number of esters is 1.